The van der Waals surface area contributed by atoms with Gasteiger partial charge in [0.2, 0.25) is 5.91 Å². The van der Waals surface area contributed by atoms with Gasteiger partial charge in [0, 0.05) is 13.5 Å². The largest absolute Gasteiger partial charge is 0.467 e. The Labute approximate surface area is 97.1 Å². The van der Waals surface area contributed by atoms with Gasteiger partial charge in [0.1, 0.15) is 6.04 Å². The average molecular weight is 230 g/mol. The van der Waals surface area contributed by atoms with Crippen molar-refractivity contribution in [1.29, 1.82) is 0 Å². The van der Waals surface area contributed by atoms with E-state index in [-0.39, 0.29) is 5.91 Å². The second-order valence-electron chi connectivity index (χ2n) is 3.67. The van der Waals surface area contributed by atoms with E-state index in [1.165, 1.54) is 14.0 Å². The highest BCUT2D eigenvalue weighted by Gasteiger charge is 2.22. The lowest BCUT2D eigenvalue weighted by atomic mass is 10.2. The molecule has 0 aliphatic heterocycles. The van der Waals surface area contributed by atoms with Gasteiger partial charge in [0.25, 0.3) is 0 Å². The minimum atomic E-state index is -0.575. The van der Waals surface area contributed by atoms with Gasteiger partial charge >= 0.3 is 5.97 Å². The molecular weight excluding hydrogens is 208 g/mol. The van der Waals surface area contributed by atoms with Crippen molar-refractivity contribution in [2.24, 2.45) is 0 Å². The van der Waals surface area contributed by atoms with Crippen molar-refractivity contribution in [3.8, 4) is 0 Å². The predicted octanol–water partition coefficient (Wildman–Crippen LogP) is 0.396. The Morgan fingerprint density at radius 1 is 1.38 bits per heavy atom. The number of methoxy groups -OCH3 is 1. The highest BCUT2D eigenvalue weighted by Crippen LogP contribution is 1.97. The first-order valence-corrected chi connectivity index (χ1v) is 5.62. The monoisotopic (exact) mass is 230 g/mol. The Hall–Kier alpha value is -1.10. The second-order valence-corrected chi connectivity index (χ2v) is 3.67. The number of hydrogen-bond acceptors (Lipinski definition) is 4. The molecule has 0 aromatic carbocycles. The number of carbonyl (C=O) groups is 2. The zero-order chi connectivity index (χ0) is 12.6. The fraction of sp³-hybridized carbons (Fsp3) is 0.818. The third-order valence-corrected chi connectivity index (χ3v) is 2.29. The van der Waals surface area contributed by atoms with Crippen LogP contribution in [0.5, 0.6) is 0 Å². The topological polar surface area (TPSA) is 58.6 Å². The molecule has 16 heavy (non-hydrogen) atoms. The minimum absolute atomic E-state index is 0.219. The minimum Gasteiger partial charge on any atom is -0.467 e. The van der Waals surface area contributed by atoms with Gasteiger partial charge in [-0.2, -0.15) is 0 Å². The van der Waals surface area contributed by atoms with Crippen molar-refractivity contribution in [3.05, 3.63) is 0 Å². The summed E-state index contributed by atoms with van der Waals surface area (Å²) in [6, 6.07) is -0.575. The number of amides is 1. The molecule has 5 heteroatoms. The van der Waals surface area contributed by atoms with E-state index in [0.717, 1.165) is 19.5 Å². The number of esters is 1. The molecule has 0 fully saturated rings. The lowest BCUT2D eigenvalue weighted by Gasteiger charge is -2.24. The summed E-state index contributed by atoms with van der Waals surface area (Å²) < 4.78 is 4.66. The van der Waals surface area contributed by atoms with E-state index in [9.17, 15) is 9.59 Å². The smallest absolute Gasteiger partial charge is 0.329 e. The maximum atomic E-state index is 11.4. The van der Waals surface area contributed by atoms with Crippen molar-refractivity contribution in [3.63, 3.8) is 0 Å². The van der Waals surface area contributed by atoms with Gasteiger partial charge in [-0.25, -0.2) is 4.79 Å². The van der Waals surface area contributed by atoms with Crippen LogP contribution < -0.4 is 5.32 Å². The summed E-state index contributed by atoms with van der Waals surface area (Å²) in [5.74, 6) is -0.618. The van der Waals surface area contributed by atoms with E-state index in [1.54, 1.807) is 0 Å². The molecule has 0 aromatic rings. The van der Waals surface area contributed by atoms with Gasteiger partial charge in [0.05, 0.1) is 7.11 Å². The third-order valence-electron chi connectivity index (χ3n) is 2.29. The van der Waals surface area contributed by atoms with Crippen LogP contribution in [0.25, 0.3) is 0 Å². The molecule has 1 atom stereocenters. The molecule has 0 saturated heterocycles. The van der Waals surface area contributed by atoms with Crippen molar-refractivity contribution >= 4 is 11.9 Å². The van der Waals surface area contributed by atoms with Crippen LogP contribution in [0.1, 0.15) is 27.2 Å². The summed E-state index contributed by atoms with van der Waals surface area (Å²) in [4.78, 5) is 24.5. The Bertz CT molecular complexity index is 231. The number of rotatable bonds is 7. The summed E-state index contributed by atoms with van der Waals surface area (Å²) in [7, 11) is 1.33. The summed E-state index contributed by atoms with van der Waals surface area (Å²) in [6.07, 6.45) is 1.02. The number of nitrogens with one attached hydrogen (secondary N) is 1. The molecule has 0 aliphatic carbocycles. The second kappa shape index (κ2) is 8.10. The lowest BCUT2D eigenvalue weighted by Crippen LogP contribution is -2.48. The fourth-order valence-electron chi connectivity index (χ4n) is 1.52. The highest BCUT2D eigenvalue weighted by molar-refractivity contribution is 5.83. The first-order valence-electron chi connectivity index (χ1n) is 5.62. The molecule has 5 nitrogen and oxygen atoms in total. The first-order chi connectivity index (χ1) is 7.54. The van der Waals surface area contributed by atoms with Gasteiger partial charge in [0.15, 0.2) is 0 Å². The molecule has 0 rings (SSSR count). The first kappa shape index (κ1) is 14.9. The van der Waals surface area contributed by atoms with Crippen LogP contribution >= 0.6 is 0 Å². The lowest BCUT2D eigenvalue weighted by molar-refractivity contribution is -0.145. The van der Waals surface area contributed by atoms with Crippen molar-refractivity contribution in [1.82, 2.24) is 10.2 Å². The van der Waals surface area contributed by atoms with Crippen LogP contribution in [-0.2, 0) is 14.3 Å². The van der Waals surface area contributed by atoms with E-state index in [4.69, 9.17) is 0 Å². The van der Waals surface area contributed by atoms with Crippen LogP contribution in [0.2, 0.25) is 0 Å². The standard InChI is InChI=1S/C11H22N2O3/c1-5-7-13(6-2)8-10(11(15)16-4)12-9(3)14/h10H,5-8H2,1-4H3,(H,12,14). The molecule has 0 bridgehead atoms. The molecule has 0 radical (unpaired) electrons. The Kier molecular flexibility index (Phi) is 7.54. The van der Waals surface area contributed by atoms with Gasteiger partial charge < -0.3 is 15.0 Å². The summed E-state index contributed by atoms with van der Waals surface area (Å²) in [5.41, 5.74) is 0. The Morgan fingerprint density at radius 3 is 2.38 bits per heavy atom. The summed E-state index contributed by atoms with van der Waals surface area (Å²) in [5, 5.41) is 2.60. The molecule has 1 amide bonds. The van der Waals surface area contributed by atoms with Gasteiger partial charge in [-0.1, -0.05) is 13.8 Å². The Balaban J connectivity index is 4.38. The zero-order valence-electron chi connectivity index (χ0n) is 10.6. The average Bonchev–Trinajstić information content (AvgIpc) is 2.25. The number of carbonyl (C=O) groups excluding carboxylic acids is 2. The van der Waals surface area contributed by atoms with E-state index in [2.05, 4.69) is 21.9 Å². The predicted molar refractivity (Wildman–Crippen MR) is 62.0 cm³/mol. The van der Waals surface area contributed by atoms with Crippen LogP contribution in [0.15, 0.2) is 0 Å². The van der Waals surface area contributed by atoms with Crippen LogP contribution in [0, 0.1) is 0 Å². The van der Waals surface area contributed by atoms with Gasteiger partial charge in [-0.3, -0.25) is 4.79 Å². The third kappa shape index (κ3) is 5.70. The Morgan fingerprint density at radius 2 is 2.00 bits per heavy atom. The molecule has 0 heterocycles. The van der Waals surface area contributed by atoms with Crippen molar-refractivity contribution in [2.45, 2.75) is 33.2 Å². The maximum absolute atomic E-state index is 11.4. The van der Waals surface area contributed by atoms with Gasteiger partial charge in [-0.15, -0.1) is 0 Å². The number of hydrogen-bond donors (Lipinski definition) is 1. The molecule has 0 saturated carbocycles. The number of ether oxygens (including phenoxy) is 1. The van der Waals surface area contributed by atoms with Crippen molar-refractivity contribution < 1.29 is 14.3 Å². The molecule has 94 valence electrons. The molecule has 1 unspecified atom stereocenters. The van der Waals surface area contributed by atoms with Crippen LogP contribution in [0.4, 0.5) is 0 Å². The normalized spacial score (nSPS) is 12.3. The van der Waals surface area contributed by atoms with Crippen LogP contribution in [0.3, 0.4) is 0 Å². The van der Waals surface area contributed by atoms with E-state index in [0.29, 0.717) is 6.54 Å². The summed E-state index contributed by atoms with van der Waals surface area (Å²) in [6.45, 7) is 7.75. The maximum Gasteiger partial charge on any atom is 0.329 e. The van der Waals surface area contributed by atoms with Crippen LogP contribution in [-0.4, -0.2) is 49.6 Å². The molecule has 1 N–H and O–H groups in total. The van der Waals surface area contributed by atoms with E-state index < -0.39 is 12.0 Å². The SMILES string of the molecule is CCCN(CC)CC(NC(C)=O)C(=O)OC. The molecule has 0 spiro atoms. The quantitative estimate of drug-likeness (QED) is 0.643. The molecular formula is C11H22N2O3. The molecule has 0 aromatic heterocycles. The number of nitrogens with zero attached hydrogens (tertiary/aromatic N) is 1. The zero-order valence-corrected chi connectivity index (χ0v) is 10.6. The highest BCUT2D eigenvalue weighted by atomic mass is 16.5. The van der Waals surface area contributed by atoms with Gasteiger partial charge in [-0.05, 0) is 19.5 Å². The summed E-state index contributed by atoms with van der Waals surface area (Å²) >= 11 is 0. The number of likely N-dealkylation sites (N-methyl/N-ethyl adjacent to an activating group) is 1. The fourth-order valence-corrected chi connectivity index (χ4v) is 1.52. The van der Waals surface area contributed by atoms with E-state index >= 15 is 0 Å². The molecule has 0 aliphatic rings. The van der Waals surface area contributed by atoms with E-state index in [1.807, 2.05) is 6.92 Å². The van der Waals surface area contributed by atoms with Crippen molar-refractivity contribution in [2.75, 3.05) is 26.7 Å².